The van der Waals surface area contributed by atoms with Crippen molar-refractivity contribution in [1.82, 2.24) is 5.31 Å². The molecule has 1 aliphatic rings. The van der Waals surface area contributed by atoms with E-state index in [0.717, 1.165) is 12.0 Å². The summed E-state index contributed by atoms with van der Waals surface area (Å²) in [5.74, 6) is 0.229. The van der Waals surface area contributed by atoms with Crippen molar-refractivity contribution in [2.45, 2.75) is 18.5 Å². The van der Waals surface area contributed by atoms with Crippen LogP contribution in [0.4, 0.5) is 0 Å². The number of phenols is 1. The topological polar surface area (TPSA) is 58.3 Å². The van der Waals surface area contributed by atoms with Gasteiger partial charge >= 0.3 is 0 Å². The van der Waals surface area contributed by atoms with Gasteiger partial charge < -0.3 is 16.2 Å². The quantitative estimate of drug-likeness (QED) is 0.596. The van der Waals surface area contributed by atoms with Crippen LogP contribution in [0.1, 0.15) is 18.0 Å². The van der Waals surface area contributed by atoms with Gasteiger partial charge in [-0.05, 0) is 19.0 Å². The summed E-state index contributed by atoms with van der Waals surface area (Å²) in [5, 5.41) is 11.1. The second-order valence-electron chi connectivity index (χ2n) is 3.36. The van der Waals surface area contributed by atoms with E-state index in [0.29, 0.717) is 6.54 Å². The Morgan fingerprint density at radius 2 is 2.31 bits per heavy atom. The van der Waals surface area contributed by atoms with Gasteiger partial charge in [-0.3, -0.25) is 0 Å². The number of rotatable bonds is 1. The van der Waals surface area contributed by atoms with Crippen molar-refractivity contribution in [1.29, 1.82) is 0 Å². The van der Waals surface area contributed by atoms with E-state index in [1.165, 1.54) is 5.31 Å². The average Bonchev–Trinajstić information content (AvgIpc) is 2.48. The summed E-state index contributed by atoms with van der Waals surface area (Å²) in [5.41, 5.74) is 6.65. The molecule has 13 heavy (non-hydrogen) atoms. The molecule has 2 rings (SSSR count). The predicted octanol–water partition coefficient (Wildman–Crippen LogP) is 0.754. The molecular formula is C10H14N2O. The van der Waals surface area contributed by atoms with Crippen molar-refractivity contribution in [2.24, 2.45) is 5.73 Å². The molecule has 0 saturated carbocycles. The van der Waals surface area contributed by atoms with Gasteiger partial charge in [0.1, 0.15) is 7.16 Å². The standard InChI is InChI=1S/C10H14N2O/c11-8-5-6-12-10(8)7-3-1-2-4-9(7)13/h1-4,8,10,12-13H,5-6,11H2/t8?,10-/m1/s1/i/hD. The molecule has 1 aliphatic heterocycles. The van der Waals surface area contributed by atoms with Gasteiger partial charge in [-0.1, -0.05) is 18.2 Å². The molecule has 3 nitrogen and oxygen atoms in total. The minimum absolute atomic E-state index is 0.0548. The van der Waals surface area contributed by atoms with Gasteiger partial charge in [0.25, 0.3) is 0 Å². The smallest absolute Gasteiger partial charge is 0.123 e. The Morgan fingerprint density at radius 1 is 1.54 bits per heavy atom. The van der Waals surface area contributed by atoms with Gasteiger partial charge in [-0.2, -0.15) is 0 Å². The highest BCUT2D eigenvalue weighted by atomic mass is 16.3. The van der Waals surface area contributed by atoms with E-state index >= 15 is 0 Å². The second-order valence-corrected chi connectivity index (χ2v) is 3.36. The predicted molar refractivity (Wildman–Crippen MR) is 51.4 cm³/mol. The maximum absolute atomic E-state index is 9.64. The lowest BCUT2D eigenvalue weighted by Crippen LogP contribution is -2.28. The zero-order valence-electron chi connectivity index (χ0n) is 8.35. The average molecular weight is 179 g/mol. The maximum Gasteiger partial charge on any atom is 0.123 e. The summed E-state index contributed by atoms with van der Waals surface area (Å²) in [6, 6.07) is 6.86. The zero-order chi connectivity index (χ0) is 10.1. The molecule has 1 unspecified atom stereocenters. The fraction of sp³-hybridized carbons (Fsp3) is 0.400. The van der Waals surface area contributed by atoms with Crippen molar-refractivity contribution >= 4 is 0 Å². The normalized spacial score (nSPS) is 30.4. The van der Waals surface area contributed by atoms with Gasteiger partial charge in [0, 0.05) is 11.6 Å². The zero-order valence-corrected chi connectivity index (χ0v) is 7.35. The van der Waals surface area contributed by atoms with Crippen LogP contribution in [0.15, 0.2) is 24.3 Å². The molecule has 1 heterocycles. The molecule has 2 atom stereocenters. The molecule has 0 amide bonds. The van der Waals surface area contributed by atoms with Crippen LogP contribution in [-0.4, -0.2) is 17.7 Å². The molecule has 0 aliphatic carbocycles. The van der Waals surface area contributed by atoms with Crippen molar-refractivity contribution < 1.29 is 6.52 Å². The third kappa shape index (κ3) is 1.53. The number of nitrogens with two attached hydrogens (primary N) is 1. The molecule has 4 N–H and O–H groups in total. The summed E-state index contributed by atoms with van der Waals surface area (Å²) in [7, 11) is 0. The SMILES string of the molecule is [2H]N1CCC(N)[C@H]1c1ccccc1O. The van der Waals surface area contributed by atoms with E-state index < -0.39 is 0 Å². The lowest BCUT2D eigenvalue weighted by atomic mass is 10.0. The molecular weight excluding hydrogens is 164 g/mol. The monoisotopic (exact) mass is 179 g/mol. The lowest BCUT2D eigenvalue weighted by molar-refractivity contribution is 0.450. The van der Waals surface area contributed by atoms with Gasteiger partial charge in [0.15, 0.2) is 0 Å². The van der Waals surface area contributed by atoms with Crippen LogP contribution in [-0.2, 0) is 0 Å². The molecule has 0 bridgehead atoms. The number of hydrogen-bond donors (Lipinski definition) is 3. The molecule has 1 saturated heterocycles. The molecule has 1 fully saturated rings. The van der Waals surface area contributed by atoms with Crippen LogP contribution < -0.4 is 11.0 Å². The van der Waals surface area contributed by atoms with E-state index in [2.05, 4.69) is 0 Å². The second kappa shape index (κ2) is 3.36. The summed E-state index contributed by atoms with van der Waals surface area (Å²) in [6.45, 7) is 0.667. The number of para-hydroxylation sites is 1. The highest BCUT2D eigenvalue weighted by Crippen LogP contribution is 2.28. The van der Waals surface area contributed by atoms with Gasteiger partial charge in [0.2, 0.25) is 0 Å². The number of nitrogens with one attached hydrogen (secondary N) is 1. The molecule has 1 aromatic carbocycles. The maximum atomic E-state index is 9.64. The van der Waals surface area contributed by atoms with Crippen LogP contribution in [0.2, 0.25) is 1.41 Å². The Morgan fingerprint density at radius 3 is 2.92 bits per heavy atom. The molecule has 0 radical (unpaired) electrons. The van der Waals surface area contributed by atoms with E-state index in [9.17, 15) is 5.11 Å². The van der Waals surface area contributed by atoms with Crippen LogP contribution in [0.3, 0.4) is 0 Å². The Bertz CT molecular complexity index is 322. The van der Waals surface area contributed by atoms with Crippen molar-refractivity contribution in [2.75, 3.05) is 6.54 Å². The van der Waals surface area contributed by atoms with Gasteiger partial charge in [0.05, 0.1) is 6.04 Å². The number of hydrogen-bond acceptors (Lipinski definition) is 3. The Kier molecular flexibility index (Phi) is 1.90. The first kappa shape index (κ1) is 7.35. The Labute approximate surface area is 79.0 Å². The van der Waals surface area contributed by atoms with E-state index in [4.69, 9.17) is 7.15 Å². The minimum Gasteiger partial charge on any atom is -0.508 e. The molecule has 70 valence electrons. The largest absolute Gasteiger partial charge is 0.508 e. The van der Waals surface area contributed by atoms with Crippen molar-refractivity contribution in [3.05, 3.63) is 29.8 Å². The van der Waals surface area contributed by atoms with Crippen molar-refractivity contribution in [3.63, 3.8) is 0 Å². The van der Waals surface area contributed by atoms with Crippen LogP contribution in [0.5, 0.6) is 5.75 Å². The first-order valence-electron chi connectivity index (χ1n) is 4.94. The van der Waals surface area contributed by atoms with Crippen LogP contribution in [0, 0.1) is 0 Å². The third-order valence-corrected chi connectivity index (χ3v) is 2.45. The number of benzene rings is 1. The first-order valence-corrected chi connectivity index (χ1v) is 4.49. The molecule has 0 aromatic heterocycles. The highest BCUT2D eigenvalue weighted by molar-refractivity contribution is 5.36. The van der Waals surface area contributed by atoms with Crippen LogP contribution in [0.25, 0.3) is 0 Å². The van der Waals surface area contributed by atoms with E-state index in [1.54, 1.807) is 12.1 Å². The van der Waals surface area contributed by atoms with Crippen molar-refractivity contribution in [3.8, 4) is 5.75 Å². The minimum atomic E-state index is -0.170. The summed E-state index contributed by atoms with van der Waals surface area (Å²) < 4.78 is 7.70. The summed E-state index contributed by atoms with van der Waals surface area (Å²) in [6.07, 6.45) is 0.808. The highest BCUT2D eigenvalue weighted by Gasteiger charge is 2.26. The summed E-state index contributed by atoms with van der Waals surface area (Å²) in [4.78, 5) is 0. The molecule has 1 aromatic rings. The fourth-order valence-corrected chi connectivity index (χ4v) is 1.72. The lowest BCUT2D eigenvalue weighted by Gasteiger charge is -2.16. The van der Waals surface area contributed by atoms with Gasteiger partial charge in [-0.15, -0.1) is 0 Å². The fourth-order valence-electron chi connectivity index (χ4n) is 1.72. The first-order chi connectivity index (χ1) is 6.70. The summed E-state index contributed by atoms with van der Waals surface area (Å²) >= 11 is 0. The van der Waals surface area contributed by atoms with Gasteiger partial charge in [-0.25, -0.2) is 0 Å². The third-order valence-electron chi connectivity index (χ3n) is 2.45. The number of phenolic OH excluding ortho intramolecular Hbond substituents is 1. The van der Waals surface area contributed by atoms with Crippen LogP contribution >= 0.6 is 0 Å². The molecule has 3 heteroatoms. The van der Waals surface area contributed by atoms with E-state index in [1.807, 2.05) is 12.1 Å². The van der Waals surface area contributed by atoms with E-state index in [-0.39, 0.29) is 17.8 Å². The molecule has 0 spiro atoms. The Hall–Kier alpha value is -1.06. The Balaban J connectivity index is 2.34. The number of aromatic hydroxyl groups is 1.